The first-order valence-electron chi connectivity index (χ1n) is 8.83. The van der Waals surface area contributed by atoms with E-state index in [9.17, 15) is 4.79 Å². The van der Waals surface area contributed by atoms with Crippen molar-refractivity contribution >= 4 is 18.0 Å². The van der Waals surface area contributed by atoms with Crippen LogP contribution in [0.2, 0.25) is 0 Å². The van der Waals surface area contributed by atoms with Crippen LogP contribution in [0.4, 0.5) is 0 Å². The second-order valence-electron chi connectivity index (χ2n) is 5.81. The van der Waals surface area contributed by atoms with E-state index in [1.807, 2.05) is 6.29 Å². The van der Waals surface area contributed by atoms with Gasteiger partial charge >= 0.3 is 0 Å². The number of hydrogen-bond acceptors (Lipinski definition) is 3. The van der Waals surface area contributed by atoms with Crippen LogP contribution in [0.15, 0.2) is 0 Å². The van der Waals surface area contributed by atoms with Gasteiger partial charge in [-0.25, -0.2) is 0 Å². The van der Waals surface area contributed by atoms with Crippen LogP contribution < -0.4 is 0 Å². The third-order valence-corrected chi connectivity index (χ3v) is 4.17. The number of rotatable bonds is 18. The van der Waals surface area contributed by atoms with Crippen LogP contribution in [0.25, 0.3) is 0 Å². The van der Waals surface area contributed by atoms with E-state index in [1.54, 1.807) is 11.8 Å². The molecule has 0 aromatic heterocycles. The number of thioether (sulfide) groups is 1. The van der Waals surface area contributed by atoms with Gasteiger partial charge in [0.1, 0.15) is 0 Å². The monoisotopic (exact) mass is 315 g/mol. The predicted molar refractivity (Wildman–Crippen MR) is 94.7 cm³/mol. The maximum absolute atomic E-state index is 10.0. The highest BCUT2D eigenvalue weighted by molar-refractivity contribution is 7.98. The molecule has 2 nitrogen and oxygen atoms in total. The highest BCUT2D eigenvalue weighted by atomic mass is 32.2. The van der Waals surface area contributed by atoms with Crippen molar-refractivity contribution in [3.63, 3.8) is 0 Å². The van der Waals surface area contributed by atoms with E-state index in [1.165, 1.54) is 77.0 Å². The zero-order chi connectivity index (χ0) is 15.4. The molecule has 0 bridgehead atoms. The molecular formula is C18H35O2S. The lowest BCUT2D eigenvalue weighted by molar-refractivity contribution is 0.177. The van der Waals surface area contributed by atoms with Gasteiger partial charge in [-0.05, 0) is 19.1 Å². The van der Waals surface area contributed by atoms with E-state index in [4.69, 9.17) is 4.74 Å². The third kappa shape index (κ3) is 20.0. The van der Waals surface area contributed by atoms with Crippen molar-refractivity contribution in [2.45, 2.75) is 89.9 Å². The summed E-state index contributed by atoms with van der Waals surface area (Å²) in [5, 5.41) is 0. The number of hydrogen-bond donors (Lipinski definition) is 0. The molecule has 0 fully saturated rings. The summed E-state index contributed by atoms with van der Waals surface area (Å²) in [5.74, 6) is 0.843. The standard InChI is InChI=1S/C18H35O2S/c1-21-18-20-17-15-13-11-9-7-5-3-2-4-6-8-10-12-14-16-19/h2-15,17-18H2,1H3. The average Bonchev–Trinajstić information content (AvgIpc) is 2.50. The lowest BCUT2D eigenvalue weighted by Crippen LogP contribution is -1.93. The van der Waals surface area contributed by atoms with Gasteiger partial charge in [0.15, 0.2) is 6.29 Å². The second-order valence-corrected chi connectivity index (χ2v) is 6.62. The van der Waals surface area contributed by atoms with Gasteiger partial charge in [-0.2, -0.15) is 0 Å². The Labute approximate surface area is 136 Å². The molecule has 1 radical (unpaired) electrons. The van der Waals surface area contributed by atoms with Crippen LogP contribution in [-0.2, 0) is 9.53 Å². The number of carbonyl (C=O) groups excluding carboxylic acids is 1. The number of ether oxygens (including phenoxy) is 1. The van der Waals surface area contributed by atoms with Gasteiger partial charge in [0.25, 0.3) is 0 Å². The molecule has 0 aromatic rings. The first-order valence-corrected chi connectivity index (χ1v) is 10.2. The van der Waals surface area contributed by atoms with E-state index >= 15 is 0 Å². The summed E-state index contributed by atoms with van der Waals surface area (Å²) in [7, 11) is 0. The smallest absolute Gasteiger partial charge is 0.198 e. The lowest BCUT2D eigenvalue weighted by atomic mass is 10.0. The van der Waals surface area contributed by atoms with Crippen molar-refractivity contribution in [3.05, 3.63) is 0 Å². The summed E-state index contributed by atoms with van der Waals surface area (Å²) < 4.78 is 5.44. The summed E-state index contributed by atoms with van der Waals surface area (Å²) in [5.41, 5.74) is 0. The Morgan fingerprint density at radius 2 is 1.14 bits per heavy atom. The van der Waals surface area contributed by atoms with Crippen molar-refractivity contribution in [1.29, 1.82) is 0 Å². The summed E-state index contributed by atoms with van der Waals surface area (Å²) >= 11 is 1.75. The van der Waals surface area contributed by atoms with Gasteiger partial charge in [-0.1, -0.05) is 70.6 Å². The van der Waals surface area contributed by atoms with E-state index < -0.39 is 0 Å². The SMILES string of the molecule is CSCOCCCCCCCCCCCCCCC[C]=O. The molecule has 0 saturated carbocycles. The van der Waals surface area contributed by atoms with Crippen LogP contribution in [-0.4, -0.2) is 25.1 Å². The van der Waals surface area contributed by atoms with Crippen LogP contribution in [0, 0.1) is 0 Å². The van der Waals surface area contributed by atoms with Crippen molar-refractivity contribution < 1.29 is 9.53 Å². The molecule has 0 aliphatic heterocycles. The average molecular weight is 316 g/mol. The maximum Gasteiger partial charge on any atom is 0.198 e. The quantitative estimate of drug-likeness (QED) is 0.233. The molecule has 0 aliphatic rings. The van der Waals surface area contributed by atoms with E-state index in [0.29, 0.717) is 6.42 Å². The van der Waals surface area contributed by atoms with Gasteiger partial charge in [-0.3, -0.25) is 4.79 Å². The highest BCUT2D eigenvalue weighted by Crippen LogP contribution is 2.12. The van der Waals surface area contributed by atoms with Crippen LogP contribution in [0.5, 0.6) is 0 Å². The Bertz CT molecular complexity index is 198. The summed E-state index contributed by atoms with van der Waals surface area (Å²) in [6.07, 6.45) is 21.8. The Morgan fingerprint density at radius 3 is 1.57 bits per heavy atom. The minimum Gasteiger partial charge on any atom is -0.371 e. The van der Waals surface area contributed by atoms with Crippen LogP contribution in [0.3, 0.4) is 0 Å². The molecule has 0 saturated heterocycles. The molecule has 0 atom stereocenters. The largest absolute Gasteiger partial charge is 0.371 e. The van der Waals surface area contributed by atoms with E-state index in [2.05, 4.69) is 6.26 Å². The summed E-state index contributed by atoms with van der Waals surface area (Å²) in [6.45, 7) is 0.936. The zero-order valence-electron chi connectivity index (χ0n) is 14.0. The highest BCUT2D eigenvalue weighted by Gasteiger charge is 1.94. The molecule has 0 rings (SSSR count). The first kappa shape index (κ1) is 21.0. The first-order chi connectivity index (χ1) is 10.4. The molecule has 0 aromatic carbocycles. The molecule has 0 N–H and O–H groups in total. The predicted octanol–water partition coefficient (Wildman–Crippen LogP) is 5.89. The maximum atomic E-state index is 10.0. The van der Waals surface area contributed by atoms with Crippen molar-refractivity contribution in [3.8, 4) is 0 Å². The molecule has 125 valence electrons. The van der Waals surface area contributed by atoms with E-state index in [-0.39, 0.29) is 0 Å². The minimum atomic E-state index is 0.629. The molecule has 0 heterocycles. The third-order valence-electron chi connectivity index (χ3n) is 3.77. The lowest BCUT2D eigenvalue weighted by Gasteiger charge is -2.03. The number of unbranched alkanes of at least 4 members (excludes halogenated alkanes) is 13. The van der Waals surface area contributed by atoms with E-state index in [0.717, 1.165) is 19.0 Å². The van der Waals surface area contributed by atoms with Gasteiger partial charge in [0, 0.05) is 13.0 Å². The molecule has 0 amide bonds. The Morgan fingerprint density at radius 1 is 0.714 bits per heavy atom. The molecule has 3 heteroatoms. The Hall–Kier alpha value is -0.0200. The fourth-order valence-electron chi connectivity index (χ4n) is 2.49. The van der Waals surface area contributed by atoms with Gasteiger partial charge in [0.05, 0.1) is 5.94 Å². The normalized spacial score (nSPS) is 10.9. The molecule has 0 aliphatic carbocycles. The topological polar surface area (TPSA) is 26.3 Å². The molecule has 0 unspecified atom stereocenters. The van der Waals surface area contributed by atoms with Crippen LogP contribution >= 0.6 is 11.8 Å². The van der Waals surface area contributed by atoms with Crippen molar-refractivity contribution in [1.82, 2.24) is 0 Å². The molecule has 0 spiro atoms. The fourth-order valence-corrected chi connectivity index (χ4v) is 2.77. The molecule has 21 heavy (non-hydrogen) atoms. The Balaban J connectivity index is 2.91. The van der Waals surface area contributed by atoms with Gasteiger partial charge in [0.2, 0.25) is 0 Å². The second kappa shape index (κ2) is 20.0. The van der Waals surface area contributed by atoms with Crippen molar-refractivity contribution in [2.24, 2.45) is 0 Å². The summed E-state index contributed by atoms with van der Waals surface area (Å²) in [6, 6.07) is 0. The van der Waals surface area contributed by atoms with Crippen LogP contribution in [0.1, 0.15) is 89.9 Å². The zero-order valence-corrected chi connectivity index (χ0v) is 14.9. The van der Waals surface area contributed by atoms with Crippen molar-refractivity contribution in [2.75, 3.05) is 18.8 Å². The fraction of sp³-hybridized carbons (Fsp3) is 0.944. The van der Waals surface area contributed by atoms with Gasteiger partial charge < -0.3 is 4.74 Å². The minimum absolute atomic E-state index is 0.629. The molecular weight excluding hydrogens is 280 g/mol. The summed E-state index contributed by atoms with van der Waals surface area (Å²) in [4.78, 5) is 10.0. The van der Waals surface area contributed by atoms with Gasteiger partial charge in [-0.15, -0.1) is 11.8 Å². The Kier molecular flexibility index (Phi) is 20.0.